The van der Waals surface area contributed by atoms with E-state index in [1.165, 1.54) is 11.8 Å². The molecule has 0 spiro atoms. The molecule has 0 unspecified atom stereocenters. The van der Waals surface area contributed by atoms with Crippen molar-refractivity contribution < 1.29 is 4.79 Å². The van der Waals surface area contributed by atoms with E-state index in [9.17, 15) is 4.79 Å². The van der Waals surface area contributed by atoms with E-state index in [2.05, 4.69) is 4.99 Å². The molecule has 1 aliphatic rings. The number of amidine groups is 1. The summed E-state index contributed by atoms with van der Waals surface area (Å²) < 4.78 is 0. The summed E-state index contributed by atoms with van der Waals surface area (Å²) in [5, 5.41) is 3.92. The summed E-state index contributed by atoms with van der Waals surface area (Å²) in [5.41, 5.74) is 0. The standard InChI is InChI=1S/C8H8N2OS2/c1-10(7-3-2-4-12-7)8-9-6(11)5-13-8/h2-4H,5H2,1H3. The second kappa shape index (κ2) is 3.51. The third-order valence-corrected chi connectivity index (χ3v) is 3.63. The minimum atomic E-state index is -0.0385. The molecule has 2 rings (SSSR count). The van der Waals surface area contributed by atoms with Crippen LogP contribution in [-0.2, 0) is 4.79 Å². The normalized spacial score (nSPS) is 16.1. The molecule has 2 heterocycles. The highest BCUT2D eigenvalue weighted by Gasteiger charge is 2.19. The second-order valence-corrected chi connectivity index (χ2v) is 4.46. The molecule has 0 aliphatic carbocycles. The average Bonchev–Trinajstić information content (AvgIpc) is 2.72. The molecule has 0 bridgehead atoms. The molecular weight excluding hydrogens is 204 g/mol. The summed E-state index contributed by atoms with van der Waals surface area (Å²) in [7, 11) is 1.93. The van der Waals surface area contributed by atoms with Crippen LogP contribution in [0, 0.1) is 0 Å². The second-order valence-electron chi connectivity index (χ2n) is 2.59. The predicted octanol–water partition coefficient (Wildman–Crippen LogP) is 1.81. The molecule has 3 nitrogen and oxygen atoms in total. The zero-order valence-corrected chi connectivity index (χ0v) is 8.69. The highest BCUT2D eigenvalue weighted by Crippen LogP contribution is 2.25. The number of nitrogens with zero attached hydrogens (tertiary/aromatic N) is 2. The highest BCUT2D eigenvalue weighted by atomic mass is 32.2. The van der Waals surface area contributed by atoms with E-state index < -0.39 is 0 Å². The van der Waals surface area contributed by atoms with Gasteiger partial charge in [0.2, 0.25) is 0 Å². The van der Waals surface area contributed by atoms with Crippen molar-refractivity contribution in [3.8, 4) is 0 Å². The fourth-order valence-corrected chi connectivity index (χ4v) is 2.56. The first-order valence-electron chi connectivity index (χ1n) is 3.79. The first-order chi connectivity index (χ1) is 6.27. The summed E-state index contributed by atoms with van der Waals surface area (Å²) in [4.78, 5) is 16.8. The average molecular weight is 212 g/mol. The Morgan fingerprint density at radius 3 is 3.00 bits per heavy atom. The van der Waals surface area contributed by atoms with Crippen molar-refractivity contribution in [3.63, 3.8) is 0 Å². The zero-order valence-electron chi connectivity index (χ0n) is 7.06. The van der Waals surface area contributed by atoms with Gasteiger partial charge in [0.1, 0.15) is 0 Å². The van der Waals surface area contributed by atoms with Crippen LogP contribution in [0.15, 0.2) is 22.5 Å². The number of hydrogen-bond donors (Lipinski definition) is 0. The first-order valence-corrected chi connectivity index (χ1v) is 5.65. The SMILES string of the molecule is CN(C1=NC(=O)CS1)c1cccs1. The molecule has 0 atom stereocenters. The van der Waals surface area contributed by atoms with Gasteiger partial charge in [-0.25, -0.2) is 0 Å². The number of carbonyl (C=O) groups excluding carboxylic acids is 1. The van der Waals surface area contributed by atoms with Crippen molar-refractivity contribution in [1.82, 2.24) is 0 Å². The Morgan fingerprint density at radius 1 is 1.62 bits per heavy atom. The minimum Gasteiger partial charge on any atom is -0.315 e. The van der Waals surface area contributed by atoms with E-state index in [-0.39, 0.29) is 5.91 Å². The van der Waals surface area contributed by atoms with Gasteiger partial charge in [-0.05, 0) is 17.5 Å². The van der Waals surface area contributed by atoms with Crippen LogP contribution in [0.5, 0.6) is 0 Å². The van der Waals surface area contributed by atoms with Crippen LogP contribution in [0.3, 0.4) is 0 Å². The van der Waals surface area contributed by atoms with Crippen LogP contribution in [0.1, 0.15) is 0 Å². The van der Waals surface area contributed by atoms with Gasteiger partial charge in [-0.1, -0.05) is 11.8 Å². The van der Waals surface area contributed by atoms with Gasteiger partial charge in [0, 0.05) is 7.05 Å². The molecule has 13 heavy (non-hydrogen) atoms. The third kappa shape index (κ3) is 1.76. The van der Waals surface area contributed by atoms with Gasteiger partial charge in [0.15, 0.2) is 5.17 Å². The Kier molecular flexibility index (Phi) is 2.37. The van der Waals surface area contributed by atoms with E-state index in [0.717, 1.165) is 10.2 Å². The zero-order chi connectivity index (χ0) is 9.26. The third-order valence-electron chi connectivity index (χ3n) is 1.67. The molecule has 1 aromatic heterocycles. The molecule has 0 saturated heterocycles. The molecule has 5 heteroatoms. The van der Waals surface area contributed by atoms with Crippen molar-refractivity contribution in [2.45, 2.75) is 0 Å². The number of rotatable bonds is 1. The molecular formula is C8H8N2OS2. The van der Waals surface area contributed by atoms with Crippen molar-refractivity contribution in [1.29, 1.82) is 0 Å². The lowest BCUT2D eigenvalue weighted by Crippen LogP contribution is -2.20. The molecule has 0 fully saturated rings. The van der Waals surface area contributed by atoms with Gasteiger partial charge in [0.25, 0.3) is 5.91 Å². The lowest BCUT2D eigenvalue weighted by molar-refractivity contribution is -0.115. The fourth-order valence-electron chi connectivity index (χ4n) is 1.02. The van der Waals surface area contributed by atoms with Gasteiger partial charge >= 0.3 is 0 Å². The minimum absolute atomic E-state index is 0.0385. The quantitative estimate of drug-likeness (QED) is 0.711. The Morgan fingerprint density at radius 2 is 2.46 bits per heavy atom. The molecule has 0 saturated carbocycles. The maximum absolute atomic E-state index is 10.9. The van der Waals surface area contributed by atoms with E-state index >= 15 is 0 Å². The Balaban J connectivity index is 2.18. The van der Waals surface area contributed by atoms with Crippen LogP contribution in [0.25, 0.3) is 0 Å². The van der Waals surface area contributed by atoms with Crippen LogP contribution in [0.4, 0.5) is 5.00 Å². The van der Waals surface area contributed by atoms with Gasteiger partial charge in [0.05, 0.1) is 10.8 Å². The van der Waals surface area contributed by atoms with Crippen molar-refractivity contribution in [3.05, 3.63) is 17.5 Å². The molecule has 0 aromatic carbocycles. The number of carbonyl (C=O) groups is 1. The van der Waals surface area contributed by atoms with Gasteiger partial charge < -0.3 is 4.90 Å². The first kappa shape index (κ1) is 8.77. The van der Waals surface area contributed by atoms with Crippen LogP contribution in [0.2, 0.25) is 0 Å². The fraction of sp³-hybridized carbons (Fsp3) is 0.250. The number of aliphatic imine (C=N–C) groups is 1. The summed E-state index contributed by atoms with van der Waals surface area (Å²) >= 11 is 3.13. The van der Waals surface area contributed by atoms with Crippen LogP contribution in [-0.4, -0.2) is 23.9 Å². The summed E-state index contributed by atoms with van der Waals surface area (Å²) in [6.45, 7) is 0. The van der Waals surface area contributed by atoms with Gasteiger partial charge in [-0.2, -0.15) is 4.99 Å². The highest BCUT2D eigenvalue weighted by molar-refractivity contribution is 8.15. The van der Waals surface area contributed by atoms with Crippen molar-refractivity contribution in [2.75, 3.05) is 17.7 Å². The van der Waals surface area contributed by atoms with E-state index in [1.807, 2.05) is 29.5 Å². The number of anilines is 1. The number of amides is 1. The van der Waals surface area contributed by atoms with E-state index in [4.69, 9.17) is 0 Å². The Bertz CT molecular complexity index is 345. The summed E-state index contributed by atoms with van der Waals surface area (Å²) in [5.74, 6) is 0.439. The molecule has 1 aliphatic heterocycles. The maximum Gasteiger partial charge on any atom is 0.258 e. The molecule has 1 aromatic rings. The number of hydrogen-bond acceptors (Lipinski definition) is 4. The lowest BCUT2D eigenvalue weighted by Gasteiger charge is -2.14. The molecule has 1 amide bonds. The lowest BCUT2D eigenvalue weighted by atomic mass is 10.6. The number of thiophene rings is 1. The van der Waals surface area contributed by atoms with Crippen LogP contribution >= 0.6 is 23.1 Å². The Hall–Kier alpha value is -0.810. The monoisotopic (exact) mass is 212 g/mol. The topological polar surface area (TPSA) is 32.7 Å². The molecule has 0 N–H and O–H groups in total. The van der Waals surface area contributed by atoms with Crippen LogP contribution < -0.4 is 4.90 Å². The number of thioether (sulfide) groups is 1. The molecule has 68 valence electrons. The smallest absolute Gasteiger partial charge is 0.258 e. The van der Waals surface area contributed by atoms with Gasteiger partial charge in [-0.15, -0.1) is 11.3 Å². The maximum atomic E-state index is 10.9. The van der Waals surface area contributed by atoms with Crippen molar-refractivity contribution in [2.24, 2.45) is 4.99 Å². The van der Waals surface area contributed by atoms with Gasteiger partial charge in [-0.3, -0.25) is 4.79 Å². The van der Waals surface area contributed by atoms with E-state index in [1.54, 1.807) is 11.3 Å². The summed E-state index contributed by atoms with van der Waals surface area (Å²) in [6.07, 6.45) is 0. The molecule has 0 radical (unpaired) electrons. The predicted molar refractivity (Wildman–Crippen MR) is 57.6 cm³/mol. The summed E-state index contributed by atoms with van der Waals surface area (Å²) in [6, 6.07) is 4.00. The largest absolute Gasteiger partial charge is 0.315 e. The Labute approximate surface area is 84.5 Å². The van der Waals surface area contributed by atoms with E-state index in [0.29, 0.717) is 5.75 Å². The van der Waals surface area contributed by atoms with Crippen molar-refractivity contribution >= 4 is 39.2 Å².